The molecule has 0 saturated heterocycles. The van der Waals surface area contributed by atoms with Crippen LogP contribution in [-0.2, 0) is 10.0 Å². The molecule has 0 spiro atoms. The van der Waals surface area contributed by atoms with Gasteiger partial charge in [0.2, 0.25) is 0 Å². The molecule has 2 N–H and O–H groups in total. The third-order valence-corrected chi connectivity index (χ3v) is 4.46. The number of nitrogens with one attached hydrogen (secondary N) is 2. The Kier molecular flexibility index (Phi) is 3.26. The highest BCUT2D eigenvalue weighted by Gasteiger charge is 2.25. The minimum Gasteiger partial charge on any atom is -0.345 e. The maximum atomic E-state index is 12.4. The number of nitrogens with zero attached hydrogens (tertiary/aromatic N) is 2. The quantitative estimate of drug-likeness (QED) is 0.565. The fraction of sp³-hybridized carbons (Fsp3) is 0. The molecule has 1 heterocycles. The number of aromatic amines is 1. The molecule has 0 aliphatic heterocycles. The molecule has 2 aromatic carbocycles. The van der Waals surface area contributed by atoms with Crippen LogP contribution in [0.15, 0.2) is 53.7 Å². The molecule has 0 unspecified atom stereocenters. The van der Waals surface area contributed by atoms with Gasteiger partial charge in [-0.2, -0.15) is 0 Å². The van der Waals surface area contributed by atoms with Crippen molar-refractivity contribution in [2.75, 3.05) is 4.72 Å². The molecule has 8 nitrogen and oxygen atoms in total. The number of fused-ring (bicyclic) bond motifs is 1. The Morgan fingerprint density at radius 1 is 1.14 bits per heavy atom. The van der Waals surface area contributed by atoms with Crippen molar-refractivity contribution >= 4 is 32.4 Å². The number of imidazole rings is 1. The summed E-state index contributed by atoms with van der Waals surface area (Å²) in [4.78, 5) is 16.8. The van der Waals surface area contributed by atoms with E-state index in [-0.39, 0.29) is 5.69 Å². The second-order valence-corrected chi connectivity index (χ2v) is 6.09. The number of benzene rings is 2. The van der Waals surface area contributed by atoms with Gasteiger partial charge in [-0.05, 0) is 18.2 Å². The summed E-state index contributed by atoms with van der Waals surface area (Å²) in [6.45, 7) is 0. The van der Waals surface area contributed by atoms with E-state index in [4.69, 9.17) is 0 Å². The highest BCUT2D eigenvalue weighted by atomic mass is 32.2. The maximum Gasteiger partial charge on any atom is 0.289 e. The summed E-state index contributed by atoms with van der Waals surface area (Å²) in [5, 5.41) is 11.0. The largest absolute Gasteiger partial charge is 0.345 e. The number of sulfonamides is 1. The molecule has 0 bridgehead atoms. The second kappa shape index (κ2) is 5.11. The zero-order chi connectivity index (χ0) is 15.7. The van der Waals surface area contributed by atoms with Gasteiger partial charge < -0.3 is 4.98 Å². The molecule has 3 rings (SSSR count). The van der Waals surface area contributed by atoms with Crippen LogP contribution in [0.2, 0.25) is 0 Å². The summed E-state index contributed by atoms with van der Waals surface area (Å²) >= 11 is 0. The molecular formula is C13H10N4O4S. The first-order valence-corrected chi connectivity index (χ1v) is 7.66. The van der Waals surface area contributed by atoms with Gasteiger partial charge in [-0.15, -0.1) is 0 Å². The van der Waals surface area contributed by atoms with Gasteiger partial charge in [-0.3, -0.25) is 14.8 Å². The zero-order valence-electron chi connectivity index (χ0n) is 11.1. The average molecular weight is 318 g/mol. The minimum absolute atomic E-state index is 0.247. The molecule has 112 valence electrons. The topological polar surface area (TPSA) is 118 Å². The summed E-state index contributed by atoms with van der Waals surface area (Å²) in [6, 6.07) is 10.1. The van der Waals surface area contributed by atoms with Crippen LogP contribution in [0.5, 0.6) is 0 Å². The van der Waals surface area contributed by atoms with Crippen molar-refractivity contribution in [1.82, 2.24) is 9.97 Å². The lowest BCUT2D eigenvalue weighted by molar-refractivity contribution is -0.387. The lowest BCUT2D eigenvalue weighted by atomic mass is 10.3. The molecule has 0 aliphatic carbocycles. The number of H-pyrrole nitrogens is 1. The maximum absolute atomic E-state index is 12.4. The van der Waals surface area contributed by atoms with Crippen LogP contribution < -0.4 is 4.72 Å². The molecule has 0 atom stereocenters. The number of hydrogen-bond acceptors (Lipinski definition) is 5. The fourth-order valence-corrected chi connectivity index (χ4v) is 3.32. The van der Waals surface area contributed by atoms with E-state index in [2.05, 4.69) is 14.7 Å². The van der Waals surface area contributed by atoms with Crippen molar-refractivity contribution in [2.24, 2.45) is 0 Å². The molecule has 0 saturated carbocycles. The lowest BCUT2D eigenvalue weighted by Crippen LogP contribution is -2.15. The van der Waals surface area contributed by atoms with Gasteiger partial charge in [0, 0.05) is 6.07 Å². The molecule has 9 heteroatoms. The number of hydrogen-bond donors (Lipinski definition) is 2. The van der Waals surface area contributed by atoms with Crippen LogP contribution in [0.1, 0.15) is 0 Å². The first-order valence-electron chi connectivity index (χ1n) is 6.17. The molecule has 0 fully saturated rings. The van der Waals surface area contributed by atoms with Crippen LogP contribution >= 0.6 is 0 Å². The van der Waals surface area contributed by atoms with Gasteiger partial charge in [0.25, 0.3) is 15.7 Å². The van der Waals surface area contributed by atoms with Crippen molar-refractivity contribution in [3.8, 4) is 0 Å². The number of nitro groups is 1. The van der Waals surface area contributed by atoms with Crippen LogP contribution in [0.4, 0.5) is 11.4 Å². The Bertz CT molecular complexity index is 965. The predicted octanol–water partition coefficient (Wildman–Crippen LogP) is 2.27. The third kappa shape index (κ3) is 2.37. The second-order valence-electron chi connectivity index (χ2n) is 4.43. The van der Waals surface area contributed by atoms with E-state index in [9.17, 15) is 18.5 Å². The number of nitro benzene ring substituents is 1. The van der Waals surface area contributed by atoms with Gasteiger partial charge in [0.15, 0.2) is 4.90 Å². The predicted molar refractivity (Wildman–Crippen MR) is 80.0 cm³/mol. The van der Waals surface area contributed by atoms with Gasteiger partial charge in [-0.25, -0.2) is 13.4 Å². The molecule has 0 radical (unpaired) electrons. The SMILES string of the molecule is O=[N+]([O-])c1ccccc1S(=O)(=O)Nc1cccc2[nH]cnc12. The molecule has 22 heavy (non-hydrogen) atoms. The summed E-state index contributed by atoms with van der Waals surface area (Å²) < 4.78 is 27.2. The molecule has 0 amide bonds. The Labute approximate surface area is 125 Å². The van der Waals surface area contributed by atoms with E-state index in [1.54, 1.807) is 12.1 Å². The number of aromatic nitrogens is 2. The van der Waals surface area contributed by atoms with E-state index in [1.807, 2.05) is 0 Å². The highest BCUT2D eigenvalue weighted by molar-refractivity contribution is 7.92. The molecular weight excluding hydrogens is 308 g/mol. The minimum atomic E-state index is -4.10. The van der Waals surface area contributed by atoms with Crippen molar-refractivity contribution < 1.29 is 13.3 Å². The monoisotopic (exact) mass is 318 g/mol. The van der Waals surface area contributed by atoms with Crippen LogP contribution in [0.3, 0.4) is 0 Å². The molecule has 0 aliphatic rings. The normalized spacial score (nSPS) is 11.5. The molecule has 1 aromatic heterocycles. The van der Waals surface area contributed by atoms with Crippen LogP contribution in [0, 0.1) is 10.1 Å². The highest BCUT2D eigenvalue weighted by Crippen LogP contribution is 2.27. The average Bonchev–Trinajstić information content (AvgIpc) is 2.96. The Balaban J connectivity index is 2.08. The number of rotatable bonds is 4. The third-order valence-electron chi connectivity index (χ3n) is 3.05. The number of para-hydroxylation sites is 2. The first-order chi connectivity index (χ1) is 10.5. The van der Waals surface area contributed by atoms with Gasteiger partial charge in [0.05, 0.1) is 22.5 Å². The summed E-state index contributed by atoms with van der Waals surface area (Å²) in [5.41, 5.74) is 0.855. The van der Waals surface area contributed by atoms with E-state index in [0.717, 1.165) is 6.07 Å². The van der Waals surface area contributed by atoms with E-state index in [0.29, 0.717) is 11.0 Å². The van der Waals surface area contributed by atoms with Gasteiger partial charge >= 0.3 is 0 Å². The lowest BCUT2D eigenvalue weighted by Gasteiger charge is -2.08. The Morgan fingerprint density at radius 2 is 1.91 bits per heavy atom. The fourth-order valence-electron chi connectivity index (χ4n) is 2.08. The summed E-state index contributed by atoms with van der Waals surface area (Å²) in [7, 11) is -4.10. The first kappa shape index (κ1) is 14.0. The standard InChI is InChI=1S/C13H10N4O4S/c18-17(19)11-6-1-2-7-12(11)22(20,21)16-10-5-3-4-9-13(10)15-8-14-9/h1-8,16H,(H,14,15). The van der Waals surface area contributed by atoms with Crippen LogP contribution in [0.25, 0.3) is 11.0 Å². The Morgan fingerprint density at radius 3 is 2.68 bits per heavy atom. The van der Waals surface area contributed by atoms with Gasteiger partial charge in [0.1, 0.15) is 5.52 Å². The van der Waals surface area contributed by atoms with Crippen molar-refractivity contribution in [3.05, 3.63) is 58.9 Å². The van der Waals surface area contributed by atoms with Crippen molar-refractivity contribution in [3.63, 3.8) is 0 Å². The van der Waals surface area contributed by atoms with Crippen molar-refractivity contribution in [2.45, 2.75) is 4.90 Å². The zero-order valence-corrected chi connectivity index (χ0v) is 11.9. The smallest absolute Gasteiger partial charge is 0.289 e. The van der Waals surface area contributed by atoms with Crippen LogP contribution in [-0.4, -0.2) is 23.3 Å². The van der Waals surface area contributed by atoms with E-state index in [1.165, 1.54) is 30.6 Å². The molecule has 3 aromatic rings. The summed E-state index contributed by atoms with van der Waals surface area (Å²) in [5.74, 6) is 0. The van der Waals surface area contributed by atoms with Gasteiger partial charge in [-0.1, -0.05) is 18.2 Å². The number of anilines is 1. The van der Waals surface area contributed by atoms with E-state index < -0.39 is 25.5 Å². The summed E-state index contributed by atoms with van der Waals surface area (Å²) in [6.07, 6.45) is 1.44. The van der Waals surface area contributed by atoms with E-state index >= 15 is 0 Å². The Hall–Kier alpha value is -2.94. The van der Waals surface area contributed by atoms with Crippen molar-refractivity contribution in [1.29, 1.82) is 0 Å².